The number of nitrogens with one attached hydrogen (secondary N) is 1. The molecule has 0 aliphatic rings. The van der Waals surface area contributed by atoms with Crippen LogP contribution < -0.4 is 5.32 Å². The standard InChI is InChI=1S/C11H15NO2/c1-8-5-3-4-6-10(8)12-9(2)7-11(13)14/h3-6,9,12H,7H2,1-2H3,(H,13,14)/t9-/m1/s1. The van der Waals surface area contributed by atoms with Gasteiger partial charge in [-0.1, -0.05) is 18.2 Å². The zero-order valence-corrected chi connectivity index (χ0v) is 8.45. The number of para-hydroxylation sites is 1. The lowest BCUT2D eigenvalue weighted by atomic mass is 10.1. The van der Waals surface area contributed by atoms with Crippen LogP contribution in [0.15, 0.2) is 24.3 Å². The van der Waals surface area contributed by atoms with Crippen molar-refractivity contribution in [3.05, 3.63) is 29.8 Å². The van der Waals surface area contributed by atoms with Gasteiger partial charge in [0.2, 0.25) is 0 Å². The fourth-order valence-electron chi connectivity index (χ4n) is 1.31. The lowest BCUT2D eigenvalue weighted by molar-refractivity contribution is -0.137. The van der Waals surface area contributed by atoms with Gasteiger partial charge in [0.25, 0.3) is 0 Å². The molecule has 0 fully saturated rings. The highest BCUT2D eigenvalue weighted by Gasteiger charge is 2.07. The van der Waals surface area contributed by atoms with Crippen LogP contribution in [0.5, 0.6) is 0 Å². The molecule has 3 nitrogen and oxygen atoms in total. The van der Waals surface area contributed by atoms with Gasteiger partial charge in [-0.3, -0.25) is 4.79 Å². The van der Waals surface area contributed by atoms with Crippen LogP contribution in [0.2, 0.25) is 0 Å². The lowest BCUT2D eigenvalue weighted by Crippen LogP contribution is -2.19. The Bertz CT molecular complexity index is 323. The van der Waals surface area contributed by atoms with Gasteiger partial charge < -0.3 is 10.4 Å². The van der Waals surface area contributed by atoms with Gasteiger partial charge in [0.1, 0.15) is 0 Å². The Kier molecular flexibility index (Phi) is 3.51. The van der Waals surface area contributed by atoms with Gasteiger partial charge in [-0.2, -0.15) is 0 Å². The van der Waals surface area contributed by atoms with E-state index in [0.717, 1.165) is 11.3 Å². The molecule has 0 spiro atoms. The summed E-state index contributed by atoms with van der Waals surface area (Å²) in [6, 6.07) is 7.79. The zero-order chi connectivity index (χ0) is 10.6. The third-order valence-corrected chi connectivity index (χ3v) is 2.03. The van der Waals surface area contributed by atoms with Crippen molar-refractivity contribution in [1.29, 1.82) is 0 Å². The molecule has 1 aromatic carbocycles. The Morgan fingerprint density at radius 1 is 1.50 bits per heavy atom. The molecular formula is C11H15NO2. The van der Waals surface area contributed by atoms with Crippen LogP contribution in [0.1, 0.15) is 18.9 Å². The van der Waals surface area contributed by atoms with E-state index in [1.807, 2.05) is 38.1 Å². The average Bonchev–Trinajstić information content (AvgIpc) is 2.07. The maximum Gasteiger partial charge on any atom is 0.305 e. The summed E-state index contributed by atoms with van der Waals surface area (Å²) >= 11 is 0. The second-order valence-electron chi connectivity index (χ2n) is 3.46. The normalized spacial score (nSPS) is 12.1. The Labute approximate surface area is 83.8 Å². The van der Waals surface area contributed by atoms with E-state index in [1.54, 1.807) is 0 Å². The van der Waals surface area contributed by atoms with Crippen molar-refractivity contribution in [1.82, 2.24) is 0 Å². The van der Waals surface area contributed by atoms with Crippen LogP contribution in [0, 0.1) is 6.92 Å². The number of carboxylic acids is 1. The zero-order valence-electron chi connectivity index (χ0n) is 8.45. The molecule has 0 saturated heterocycles. The summed E-state index contributed by atoms with van der Waals surface area (Å²) < 4.78 is 0. The lowest BCUT2D eigenvalue weighted by Gasteiger charge is -2.14. The number of hydrogen-bond donors (Lipinski definition) is 2. The summed E-state index contributed by atoms with van der Waals surface area (Å²) in [6.07, 6.45) is 0.133. The largest absolute Gasteiger partial charge is 0.481 e. The predicted molar refractivity (Wildman–Crippen MR) is 56.5 cm³/mol. The molecule has 0 bridgehead atoms. The molecule has 0 radical (unpaired) electrons. The van der Waals surface area contributed by atoms with E-state index < -0.39 is 5.97 Å². The molecule has 76 valence electrons. The van der Waals surface area contributed by atoms with Crippen molar-refractivity contribution < 1.29 is 9.90 Å². The fourth-order valence-corrected chi connectivity index (χ4v) is 1.31. The van der Waals surface area contributed by atoms with Crippen molar-refractivity contribution >= 4 is 11.7 Å². The first-order valence-corrected chi connectivity index (χ1v) is 4.63. The third kappa shape index (κ3) is 3.09. The summed E-state index contributed by atoms with van der Waals surface area (Å²) in [7, 11) is 0. The first-order chi connectivity index (χ1) is 6.59. The summed E-state index contributed by atoms with van der Waals surface area (Å²) in [6.45, 7) is 3.86. The number of aryl methyl sites for hydroxylation is 1. The highest BCUT2D eigenvalue weighted by atomic mass is 16.4. The van der Waals surface area contributed by atoms with E-state index in [1.165, 1.54) is 0 Å². The van der Waals surface area contributed by atoms with Gasteiger partial charge in [0.05, 0.1) is 6.42 Å². The van der Waals surface area contributed by atoms with Crippen molar-refractivity contribution in [2.24, 2.45) is 0 Å². The van der Waals surface area contributed by atoms with E-state index in [9.17, 15) is 4.79 Å². The monoisotopic (exact) mass is 193 g/mol. The highest BCUT2D eigenvalue weighted by molar-refractivity contribution is 5.68. The number of hydrogen-bond acceptors (Lipinski definition) is 2. The van der Waals surface area contributed by atoms with E-state index in [4.69, 9.17) is 5.11 Å². The number of anilines is 1. The molecule has 0 unspecified atom stereocenters. The van der Waals surface area contributed by atoms with E-state index >= 15 is 0 Å². The number of benzene rings is 1. The summed E-state index contributed by atoms with van der Waals surface area (Å²) in [5.41, 5.74) is 2.13. The molecule has 0 aliphatic heterocycles. The maximum atomic E-state index is 10.4. The fraction of sp³-hybridized carbons (Fsp3) is 0.364. The van der Waals surface area contributed by atoms with Crippen LogP contribution >= 0.6 is 0 Å². The molecule has 2 N–H and O–H groups in total. The highest BCUT2D eigenvalue weighted by Crippen LogP contribution is 2.14. The number of aliphatic carboxylic acids is 1. The summed E-state index contributed by atoms with van der Waals surface area (Å²) in [4.78, 5) is 10.4. The van der Waals surface area contributed by atoms with E-state index in [0.29, 0.717) is 0 Å². The molecule has 3 heteroatoms. The Morgan fingerprint density at radius 2 is 2.14 bits per heavy atom. The van der Waals surface area contributed by atoms with Gasteiger partial charge in [0.15, 0.2) is 0 Å². The Balaban J connectivity index is 2.60. The molecule has 1 atom stereocenters. The molecule has 14 heavy (non-hydrogen) atoms. The van der Waals surface area contributed by atoms with E-state index in [2.05, 4.69) is 5.32 Å². The minimum Gasteiger partial charge on any atom is -0.481 e. The van der Waals surface area contributed by atoms with Crippen molar-refractivity contribution in [2.45, 2.75) is 26.3 Å². The van der Waals surface area contributed by atoms with Crippen LogP contribution in [-0.2, 0) is 4.79 Å². The van der Waals surface area contributed by atoms with Gasteiger partial charge in [-0.05, 0) is 25.5 Å². The average molecular weight is 193 g/mol. The molecule has 1 aromatic rings. The van der Waals surface area contributed by atoms with Crippen LogP contribution in [0.25, 0.3) is 0 Å². The van der Waals surface area contributed by atoms with E-state index in [-0.39, 0.29) is 12.5 Å². The van der Waals surface area contributed by atoms with Crippen molar-refractivity contribution in [2.75, 3.05) is 5.32 Å². The molecule has 0 saturated carbocycles. The second-order valence-corrected chi connectivity index (χ2v) is 3.46. The van der Waals surface area contributed by atoms with Gasteiger partial charge >= 0.3 is 5.97 Å². The maximum absolute atomic E-state index is 10.4. The molecular weight excluding hydrogens is 178 g/mol. The Morgan fingerprint density at radius 3 is 2.71 bits per heavy atom. The van der Waals surface area contributed by atoms with Gasteiger partial charge in [0, 0.05) is 11.7 Å². The van der Waals surface area contributed by atoms with Crippen LogP contribution in [0.4, 0.5) is 5.69 Å². The molecule has 0 aliphatic carbocycles. The molecule has 0 heterocycles. The number of carbonyl (C=O) groups is 1. The minimum atomic E-state index is -0.779. The van der Waals surface area contributed by atoms with Gasteiger partial charge in [-0.25, -0.2) is 0 Å². The topological polar surface area (TPSA) is 49.3 Å². The smallest absolute Gasteiger partial charge is 0.305 e. The van der Waals surface area contributed by atoms with Gasteiger partial charge in [-0.15, -0.1) is 0 Å². The molecule has 0 aromatic heterocycles. The minimum absolute atomic E-state index is 0.0476. The summed E-state index contributed by atoms with van der Waals surface area (Å²) in [5, 5.41) is 11.8. The first kappa shape index (κ1) is 10.6. The third-order valence-electron chi connectivity index (χ3n) is 2.03. The van der Waals surface area contributed by atoms with Crippen molar-refractivity contribution in [3.8, 4) is 0 Å². The van der Waals surface area contributed by atoms with Crippen LogP contribution in [-0.4, -0.2) is 17.1 Å². The Hall–Kier alpha value is -1.51. The van der Waals surface area contributed by atoms with Crippen molar-refractivity contribution in [3.63, 3.8) is 0 Å². The molecule has 1 rings (SSSR count). The second kappa shape index (κ2) is 4.65. The number of carboxylic acid groups (broad SMARTS) is 1. The van der Waals surface area contributed by atoms with Crippen LogP contribution in [0.3, 0.4) is 0 Å². The quantitative estimate of drug-likeness (QED) is 0.771. The summed E-state index contributed by atoms with van der Waals surface area (Å²) in [5.74, 6) is -0.779. The predicted octanol–water partition coefficient (Wildman–Crippen LogP) is 2.27. The number of rotatable bonds is 4. The first-order valence-electron chi connectivity index (χ1n) is 4.63. The SMILES string of the molecule is Cc1ccccc1N[C@H](C)CC(=O)O. The molecule has 0 amide bonds.